The molecule has 5 aromatic rings. The summed E-state index contributed by atoms with van der Waals surface area (Å²) in [6.07, 6.45) is 1.76. The third-order valence-electron chi connectivity index (χ3n) is 4.58. The molecule has 2 aromatic carbocycles. The number of aromatic nitrogens is 2. The lowest BCUT2D eigenvalue weighted by atomic mass is 10.1. The molecule has 5 rings (SSSR count). The van der Waals surface area contributed by atoms with Crippen molar-refractivity contribution < 1.29 is 4.42 Å². The zero-order valence-corrected chi connectivity index (χ0v) is 15.8. The van der Waals surface area contributed by atoms with Gasteiger partial charge in [-0.3, -0.25) is 4.79 Å². The molecule has 0 aliphatic rings. The van der Waals surface area contributed by atoms with Gasteiger partial charge >= 0.3 is 0 Å². The van der Waals surface area contributed by atoms with E-state index >= 15 is 0 Å². The predicted octanol–water partition coefficient (Wildman–Crippen LogP) is 4.68. The largest absolute Gasteiger partial charge is 0.457 e. The van der Waals surface area contributed by atoms with Gasteiger partial charge in [0.15, 0.2) is 4.96 Å². The number of hydrogen-bond acceptors (Lipinski definition) is 4. The van der Waals surface area contributed by atoms with E-state index in [0.717, 1.165) is 27.9 Å². The van der Waals surface area contributed by atoms with Gasteiger partial charge in [0.05, 0.1) is 11.0 Å². The van der Waals surface area contributed by atoms with Crippen LogP contribution in [0.15, 0.2) is 63.8 Å². The van der Waals surface area contributed by atoms with E-state index in [9.17, 15) is 4.79 Å². The van der Waals surface area contributed by atoms with Crippen molar-refractivity contribution >= 4 is 45.0 Å². The summed E-state index contributed by atoms with van der Waals surface area (Å²) < 4.78 is 8.19. The first-order chi connectivity index (χ1) is 13.1. The van der Waals surface area contributed by atoms with E-state index in [4.69, 9.17) is 16.0 Å². The first-order valence-corrected chi connectivity index (χ1v) is 9.58. The second-order valence-corrected chi connectivity index (χ2v) is 7.67. The van der Waals surface area contributed by atoms with Gasteiger partial charge in [-0.1, -0.05) is 47.2 Å². The number of fused-ring (bicyclic) bond motifs is 3. The fourth-order valence-corrected chi connectivity index (χ4v) is 4.33. The van der Waals surface area contributed by atoms with Gasteiger partial charge in [-0.25, -0.2) is 9.38 Å². The fraction of sp³-hybridized carbons (Fsp3) is 0.0476. The zero-order chi connectivity index (χ0) is 18.5. The second kappa shape index (κ2) is 6.08. The van der Waals surface area contributed by atoms with Gasteiger partial charge in [0.25, 0.3) is 5.56 Å². The predicted molar refractivity (Wildman–Crippen MR) is 110 cm³/mol. The van der Waals surface area contributed by atoms with Crippen molar-refractivity contribution in [3.63, 3.8) is 0 Å². The molecule has 0 aliphatic carbocycles. The van der Waals surface area contributed by atoms with Gasteiger partial charge in [-0.05, 0) is 42.8 Å². The summed E-state index contributed by atoms with van der Waals surface area (Å²) in [6.45, 7) is 1.96. The lowest BCUT2D eigenvalue weighted by molar-refractivity contribution is 0.571. The third-order valence-corrected chi connectivity index (χ3v) is 5.96. The van der Waals surface area contributed by atoms with Crippen molar-refractivity contribution in [1.82, 2.24) is 9.38 Å². The Morgan fingerprint density at radius 2 is 1.96 bits per heavy atom. The summed E-state index contributed by atoms with van der Waals surface area (Å²) in [5, 5.41) is 0.697. The van der Waals surface area contributed by atoms with Crippen molar-refractivity contribution in [1.29, 1.82) is 0 Å². The molecule has 0 saturated carbocycles. The molecule has 3 aromatic heterocycles. The van der Waals surface area contributed by atoms with E-state index in [1.54, 1.807) is 10.5 Å². The maximum absolute atomic E-state index is 12.8. The minimum Gasteiger partial charge on any atom is -0.457 e. The van der Waals surface area contributed by atoms with E-state index < -0.39 is 0 Å². The van der Waals surface area contributed by atoms with Crippen LogP contribution in [0.4, 0.5) is 0 Å². The number of halogens is 1. The Labute approximate surface area is 163 Å². The Kier molecular flexibility index (Phi) is 3.67. The van der Waals surface area contributed by atoms with Crippen molar-refractivity contribution in [2.45, 2.75) is 6.92 Å². The van der Waals surface area contributed by atoms with Crippen LogP contribution in [0.1, 0.15) is 11.3 Å². The maximum Gasteiger partial charge on any atom is 0.275 e. The quantitative estimate of drug-likeness (QED) is 0.438. The molecule has 0 atom stereocenters. The Bertz CT molecular complexity index is 1430. The number of furan rings is 1. The molecule has 27 heavy (non-hydrogen) atoms. The van der Waals surface area contributed by atoms with Crippen LogP contribution in [0.2, 0.25) is 5.02 Å². The molecule has 0 radical (unpaired) electrons. The minimum absolute atomic E-state index is 0.0828. The van der Waals surface area contributed by atoms with Gasteiger partial charge in [-0.15, -0.1) is 0 Å². The monoisotopic (exact) mass is 392 g/mol. The van der Waals surface area contributed by atoms with E-state index in [1.165, 1.54) is 11.3 Å². The molecule has 3 heterocycles. The summed E-state index contributed by atoms with van der Waals surface area (Å²) in [6, 6.07) is 17.1. The third kappa shape index (κ3) is 2.59. The molecule has 132 valence electrons. The maximum atomic E-state index is 12.8. The average Bonchev–Trinajstić information content (AvgIpc) is 3.34. The zero-order valence-electron chi connectivity index (χ0n) is 14.3. The van der Waals surface area contributed by atoms with Crippen LogP contribution >= 0.6 is 22.9 Å². The Hall–Kier alpha value is -2.89. The van der Waals surface area contributed by atoms with Crippen LogP contribution in [0.5, 0.6) is 0 Å². The molecule has 0 N–H and O–H groups in total. The molecule has 0 spiro atoms. The van der Waals surface area contributed by atoms with Crippen LogP contribution in [-0.4, -0.2) is 9.38 Å². The number of para-hydroxylation sites is 2. The summed E-state index contributed by atoms with van der Waals surface area (Å²) in [4.78, 5) is 18.0. The molecule has 0 saturated heterocycles. The second-order valence-electron chi connectivity index (χ2n) is 6.25. The minimum atomic E-state index is -0.0828. The first kappa shape index (κ1) is 16.3. The van der Waals surface area contributed by atoms with E-state index in [0.29, 0.717) is 20.3 Å². The number of thiazole rings is 1. The standard InChI is InChI=1S/C21H13ClN2O2S/c1-12-14(5-4-6-15(12)22)18-10-9-13(26-18)11-19-20(25)24-17-8-3-2-7-16(17)23-21(24)27-19/h2-11H,1H3/b19-11-. The summed E-state index contributed by atoms with van der Waals surface area (Å²) >= 11 is 7.56. The Morgan fingerprint density at radius 1 is 1.11 bits per heavy atom. The van der Waals surface area contributed by atoms with Crippen molar-refractivity contribution in [2.24, 2.45) is 0 Å². The van der Waals surface area contributed by atoms with Crippen LogP contribution < -0.4 is 10.1 Å². The van der Waals surface area contributed by atoms with E-state index in [1.807, 2.05) is 61.5 Å². The fourth-order valence-electron chi connectivity index (χ4n) is 3.19. The number of rotatable bonds is 2. The van der Waals surface area contributed by atoms with Gasteiger partial charge < -0.3 is 4.42 Å². The molecule has 4 nitrogen and oxygen atoms in total. The van der Waals surface area contributed by atoms with Gasteiger partial charge in [0.2, 0.25) is 0 Å². The van der Waals surface area contributed by atoms with E-state index in [2.05, 4.69) is 4.98 Å². The topological polar surface area (TPSA) is 47.5 Å². The highest BCUT2D eigenvalue weighted by molar-refractivity contribution is 7.15. The highest BCUT2D eigenvalue weighted by atomic mass is 35.5. The Morgan fingerprint density at radius 3 is 2.85 bits per heavy atom. The Balaban J connectivity index is 1.64. The molecule has 0 unspecified atom stereocenters. The van der Waals surface area contributed by atoms with Gasteiger partial charge in [0.1, 0.15) is 16.1 Å². The first-order valence-electron chi connectivity index (χ1n) is 8.39. The normalized spacial score (nSPS) is 12.4. The number of imidazole rings is 1. The highest BCUT2D eigenvalue weighted by Crippen LogP contribution is 2.29. The lowest BCUT2D eigenvalue weighted by Gasteiger charge is -2.03. The van der Waals surface area contributed by atoms with Gasteiger partial charge in [0, 0.05) is 16.7 Å². The van der Waals surface area contributed by atoms with Crippen molar-refractivity contribution in [3.8, 4) is 11.3 Å². The number of hydrogen-bond donors (Lipinski definition) is 0. The smallest absolute Gasteiger partial charge is 0.275 e. The molecule has 0 aliphatic heterocycles. The van der Waals surface area contributed by atoms with Crippen LogP contribution in [0, 0.1) is 6.92 Å². The van der Waals surface area contributed by atoms with Gasteiger partial charge in [-0.2, -0.15) is 0 Å². The molecular formula is C21H13ClN2O2S. The lowest BCUT2D eigenvalue weighted by Crippen LogP contribution is -2.22. The number of benzene rings is 2. The average molecular weight is 393 g/mol. The summed E-state index contributed by atoms with van der Waals surface area (Å²) in [5.41, 5.74) is 3.47. The summed E-state index contributed by atoms with van der Waals surface area (Å²) in [5.74, 6) is 1.34. The van der Waals surface area contributed by atoms with Crippen molar-refractivity contribution in [2.75, 3.05) is 0 Å². The molecule has 0 fully saturated rings. The molecule has 6 heteroatoms. The van der Waals surface area contributed by atoms with Crippen LogP contribution in [-0.2, 0) is 0 Å². The van der Waals surface area contributed by atoms with E-state index in [-0.39, 0.29) is 5.56 Å². The molecular weight excluding hydrogens is 380 g/mol. The van der Waals surface area contributed by atoms with Crippen LogP contribution in [0.25, 0.3) is 33.4 Å². The van der Waals surface area contributed by atoms with Crippen LogP contribution in [0.3, 0.4) is 0 Å². The molecule has 0 bridgehead atoms. The SMILES string of the molecule is Cc1c(Cl)cccc1-c1ccc(/C=c2\sc3nc4ccccc4n3c2=O)o1. The van der Waals surface area contributed by atoms with Crippen molar-refractivity contribution in [3.05, 3.63) is 85.8 Å². The number of nitrogens with zero attached hydrogens (tertiary/aromatic N) is 2. The highest BCUT2D eigenvalue weighted by Gasteiger charge is 2.12. The molecule has 0 amide bonds. The summed E-state index contributed by atoms with van der Waals surface area (Å²) in [7, 11) is 0.